The van der Waals surface area contributed by atoms with E-state index >= 15 is 0 Å². The van der Waals surface area contributed by atoms with Crippen molar-refractivity contribution in [1.82, 2.24) is 5.32 Å². The summed E-state index contributed by atoms with van der Waals surface area (Å²) in [6, 6.07) is 0. The van der Waals surface area contributed by atoms with Gasteiger partial charge in [-0.15, -0.1) is 0 Å². The van der Waals surface area contributed by atoms with Crippen LogP contribution in [0, 0.1) is 5.92 Å². The van der Waals surface area contributed by atoms with Gasteiger partial charge < -0.3 is 15.5 Å². The molecule has 1 aliphatic rings. The highest BCUT2D eigenvalue weighted by atomic mass is 16.4. The summed E-state index contributed by atoms with van der Waals surface area (Å²) >= 11 is 0. The predicted octanol–water partition coefficient (Wildman–Crippen LogP) is 0.602. The summed E-state index contributed by atoms with van der Waals surface area (Å²) in [4.78, 5) is 10.6. The Bertz CT molecular complexity index is 200. The molecule has 3 N–H and O–H groups in total. The highest BCUT2D eigenvalue weighted by molar-refractivity contribution is 5.69. The largest absolute Gasteiger partial charge is 0.481 e. The average Bonchev–Trinajstić information content (AvgIpc) is 2.63. The first-order valence-corrected chi connectivity index (χ1v) is 5.18. The highest BCUT2D eigenvalue weighted by Crippen LogP contribution is 2.29. The molecule has 1 fully saturated rings. The number of aliphatic hydroxyl groups is 1. The van der Waals surface area contributed by atoms with E-state index in [4.69, 9.17) is 5.11 Å². The van der Waals surface area contributed by atoms with Crippen molar-refractivity contribution in [2.45, 2.75) is 38.1 Å². The summed E-state index contributed by atoms with van der Waals surface area (Å²) < 4.78 is 0. The number of rotatable bonds is 5. The molecular weight excluding hydrogens is 182 g/mol. The number of hydrogen-bond donors (Lipinski definition) is 3. The molecule has 1 unspecified atom stereocenters. The van der Waals surface area contributed by atoms with Crippen LogP contribution in [0.2, 0.25) is 0 Å². The molecule has 1 atom stereocenters. The number of hydrogen-bond acceptors (Lipinski definition) is 3. The zero-order valence-electron chi connectivity index (χ0n) is 8.62. The van der Waals surface area contributed by atoms with Crippen LogP contribution in [0.3, 0.4) is 0 Å². The predicted molar refractivity (Wildman–Crippen MR) is 53.1 cm³/mol. The summed E-state index contributed by atoms with van der Waals surface area (Å²) in [5.41, 5.74) is -0.205. The molecule has 0 heterocycles. The molecule has 0 aromatic rings. The average molecular weight is 201 g/mol. The van der Waals surface area contributed by atoms with Crippen LogP contribution in [0.15, 0.2) is 0 Å². The molecule has 0 amide bonds. The minimum absolute atomic E-state index is 0.110. The van der Waals surface area contributed by atoms with E-state index in [2.05, 4.69) is 5.32 Å². The molecule has 0 aromatic heterocycles. The lowest BCUT2D eigenvalue weighted by molar-refractivity contribution is -0.141. The molecule has 0 bridgehead atoms. The number of carboxylic acid groups (broad SMARTS) is 1. The normalized spacial score (nSPS) is 22.1. The van der Waals surface area contributed by atoms with E-state index in [1.807, 2.05) is 0 Å². The van der Waals surface area contributed by atoms with Gasteiger partial charge in [-0.05, 0) is 12.8 Å². The third-order valence-corrected chi connectivity index (χ3v) is 3.07. The van der Waals surface area contributed by atoms with E-state index in [0.717, 1.165) is 25.7 Å². The number of aliphatic hydroxyl groups excluding tert-OH is 1. The summed E-state index contributed by atoms with van der Waals surface area (Å²) in [6.45, 7) is 2.23. The van der Waals surface area contributed by atoms with Crippen LogP contribution >= 0.6 is 0 Å². The van der Waals surface area contributed by atoms with E-state index in [1.54, 1.807) is 6.92 Å². The topological polar surface area (TPSA) is 69.6 Å². The van der Waals surface area contributed by atoms with Gasteiger partial charge in [0.15, 0.2) is 0 Å². The van der Waals surface area contributed by atoms with Gasteiger partial charge in [0, 0.05) is 12.1 Å². The Balaban J connectivity index is 2.38. The van der Waals surface area contributed by atoms with Gasteiger partial charge in [0.05, 0.1) is 12.5 Å². The number of nitrogens with one attached hydrogen (secondary N) is 1. The maximum Gasteiger partial charge on any atom is 0.307 e. The Morgan fingerprint density at radius 3 is 2.50 bits per heavy atom. The van der Waals surface area contributed by atoms with E-state index in [0.29, 0.717) is 6.54 Å². The van der Waals surface area contributed by atoms with Crippen LogP contribution < -0.4 is 5.32 Å². The van der Waals surface area contributed by atoms with Gasteiger partial charge in [0.2, 0.25) is 0 Å². The Morgan fingerprint density at radius 2 is 2.07 bits per heavy atom. The van der Waals surface area contributed by atoms with Crippen LogP contribution in [0.5, 0.6) is 0 Å². The monoisotopic (exact) mass is 201 g/mol. The van der Waals surface area contributed by atoms with Crippen molar-refractivity contribution in [1.29, 1.82) is 0 Å². The van der Waals surface area contributed by atoms with Crippen LogP contribution in [0.25, 0.3) is 0 Å². The third kappa shape index (κ3) is 2.69. The molecule has 1 aliphatic carbocycles. The zero-order valence-corrected chi connectivity index (χ0v) is 8.62. The van der Waals surface area contributed by atoms with Gasteiger partial charge in [-0.1, -0.05) is 19.8 Å². The van der Waals surface area contributed by atoms with Crippen LogP contribution in [0.1, 0.15) is 32.6 Å². The lowest BCUT2D eigenvalue weighted by Gasteiger charge is -2.29. The Morgan fingerprint density at radius 1 is 1.50 bits per heavy atom. The van der Waals surface area contributed by atoms with Gasteiger partial charge >= 0.3 is 5.97 Å². The van der Waals surface area contributed by atoms with E-state index in [-0.39, 0.29) is 18.1 Å². The van der Waals surface area contributed by atoms with Gasteiger partial charge in [-0.25, -0.2) is 0 Å². The van der Waals surface area contributed by atoms with E-state index < -0.39 is 5.97 Å². The molecule has 0 aromatic carbocycles. The number of carboxylic acids is 1. The fourth-order valence-corrected chi connectivity index (χ4v) is 1.90. The fraction of sp³-hybridized carbons (Fsp3) is 0.900. The number of aliphatic carboxylic acids is 1. The first kappa shape index (κ1) is 11.5. The Hall–Kier alpha value is -0.610. The minimum atomic E-state index is -0.788. The van der Waals surface area contributed by atoms with Crippen molar-refractivity contribution < 1.29 is 15.0 Å². The third-order valence-electron chi connectivity index (χ3n) is 3.07. The maximum atomic E-state index is 10.6. The summed E-state index contributed by atoms with van der Waals surface area (Å²) in [7, 11) is 0. The quantitative estimate of drug-likeness (QED) is 0.609. The Kier molecular flexibility index (Phi) is 3.89. The van der Waals surface area contributed by atoms with Crippen LogP contribution in [-0.4, -0.2) is 34.9 Å². The molecular formula is C10H19NO3. The van der Waals surface area contributed by atoms with E-state index in [1.165, 1.54) is 0 Å². The Labute approximate surface area is 84.3 Å². The molecule has 1 saturated carbocycles. The molecule has 4 nitrogen and oxygen atoms in total. The van der Waals surface area contributed by atoms with Crippen LogP contribution in [-0.2, 0) is 4.79 Å². The van der Waals surface area contributed by atoms with Crippen LogP contribution in [0.4, 0.5) is 0 Å². The molecule has 1 rings (SSSR count). The van der Waals surface area contributed by atoms with Crippen molar-refractivity contribution in [2.24, 2.45) is 5.92 Å². The van der Waals surface area contributed by atoms with Crippen molar-refractivity contribution >= 4 is 5.97 Å². The number of carbonyl (C=O) groups is 1. The standard InChI is InChI=1S/C10H19NO3/c1-8(9(13)14)6-11-10(7-12)4-2-3-5-10/h8,11-12H,2-7H2,1H3,(H,13,14). The molecule has 0 aliphatic heterocycles. The van der Waals surface area contributed by atoms with Gasteiger partial charge in [-0.3, -0.25) is 4.79 Å². The van der Waals surface area contributed by atoms with Crippen molar-refractivity contribution in [3.63, 3.8) is 0 Å². The second kappa shape index (κ2) is 4.75. The highest BCUT2D eigenvalue weighted by Gasteiger charge is 2.33. The smallest absolute Gasteiger partial charge is 0.307 e. The van der Waals surface area contributed by atoms with Gasteiger partial charge in [0.25, 0.3) is 0 Å². The summed E-state index contributed by atoms with van der Waals surface area (Å²) in [6.07, 6.45) is 4.15. The SMILES string of the molecule is CC(CNC1(CO)CCCC1)C(=O)O. The first-order valence-electron chi connectivity index (χ1n) is 5.18. The lowest BCUT2D eigenvalue weighted by Crippen LogP contribution is -2.48. The molecule has 14 heavy (non-hydrogen) atoms. The second-order valence-electron chi connectivity index (χ2n) is 4.27. The zero-order chi connectivity index (χ0) is 10.6. The maximum absolute atomic E-state index is 10.6. The lowest BCUT2D eigenvalue weighted by atomic mass is 9.98. The minimum Gasteiger partial charge on any atom is -0.481 e. The molecule has 4 heteroatoms. The van der Waals surface area contributed by atoms with E-state index in [9.17, 15) is 9.90 Å². The van der Waals surface area contributed by atoms with Crippen molar-refractivity contribution in [2.75, 3.05) is 13.2 Å². The van der Waals surface area contributed by atoms with Crippen molar-refractivity contribution in [3.8, 4) is 0 Å². The summed E-state index contributed by atoms with van der Waals surface area (Å²) in [5.74, 6) is -1.18. The fourth-order valence-electron chi connectivity index (χ4n) is 1.90. The molecule has 82 valence electrons. The van der Waals surface area contributed by atoms with Gasteiger partial charge in [0.1, 0.15) is 0 Å². The summed E-state index contributed by atoms with van der Waals surface area (Å²) in [5, 5.41) is 21.2. The van der Waals surface area contributed by atoms with Crippen molar-refractivity contribution in [3.05, 3.63) is 0 Å². The second-order valence-corrected chi connectivity index (χ2v) is 4.27. The molecule has 0 saturated heterocycles. The van der Waals surface area contributed by atoms with Gasteiger partial charge in [-0.2, -0.15) is 0 Å². The first-order chi connectivity index (χ1) is 6.59. The molecule has 0 radical (unpaired) electrons. The molecule has 0 spiro atoms.